The van der Waals surface area contributed by atoms with E-state index < -0.39 is 12.0 Å². The summed E-state index contributed by atoms with van der Waals surface area (Å²) in [5, 5.41) is 11.9. The van der Waals surface area contributed by atoms with E-state index in [4.69, 9.17) is 9.84 Å². The highest BCUT2D eigenvalue weighted by Crippen LogP contribution is 2.14. The van der Waals surface area contributed by atoms with Crippen LogP contribution in [0.2, 0.25) is 0 Å². The number of carboxylic acid groups (broad SMARTS) is 1. The predicted octanol–water partition coefficient (Wildman–Crippen LogP) is 1.78. The Bertz CT molecular complexity index is 407. The number of anilines is 1. The van der Waals surface area contributed by atoms with Crippen molar-refractivity contribution in [2.24, 2.45) is 5.92 Å². The summed E-state index contributed by atoms with van der Waals surface area (Å²) < 4.78 is 5.40. The molecular formula is C12H19N3O3. The Balaban J connectivity index is 2.80. The first-order chi connectivity index (χ1) is 8.40. The van der Waals surface area contributed by atoms with Crippen LogP contribution in [0.3, 0.4) is 0 Å². The van der Waals surface area contributed by atoms with Crippen molar-refractivity contribution < 1.29 is 14.6 Å². The van der Waals surface area contributed by atoms with Gasteiger partial charge in [-0.1, -0.05) is 13.8 Å². The number of carboxylic acids is 1. The van der Waals surface area contributed by atoms with Crippen LogP contribution in [0.25, 0.3) is 0 Å². The number of hydrogen-bond acceptors (Lipinski definition) is 5. The third kappa shape index (κ3) is 4.20. The van der Waals surface area contributed by atoms with E-state index in [1.807, 2.05) is 27.7 Å². The molecular weight excluding hydrogens is 234 g/mol. The normalized spacial score (nSPS) is 12.6. The molecule has 0 aliphatic carbocycles. The van der Waals surface area contributed by atoms with Gasteiger partial charge in [0.2, 0.25) is 5.88 Å². The summed E-state index contributed by atoms with van der Waals surface area (Å²) in [5.41, 5.74) is 0. The minimum atomic E-state index is -0.915. The van der Waals surface area contributed by atoms with Crippen LogP contribution >= 0.6 is 0 Å². The molecule has 1 heterocycles. The average Bonchev–Trinajstić information content (AvgIpc) is 2.24. The van der Waals surface area contributed by atoms with Crippen LogP contribution in [-0.2, 0) is 4.79 Å². The Morgan fingerprint density at radius 3 is 2.50 bits per heavy atom. The number of nitrogens with zero attached hydrogens (tertiary/aromatic N) is 2. The third-order valence-corrected chi connectivity index (χ3v) is 2.20. The quantitative estimate of drug-likeness (QED) is 0.804. The molecule has 0 fully saturated rings. The second kappa shape index (κ2) is 6.18. The highest BCUT2D eigenvalue weighted by Gasteiger charge is 2.21. The number of ether oxygens (including phenoxy) is 1. The summed E-state index contributed by atoms with van der Waals surface area (Å²) >= 11 is 0. The summed E-state index contributed by atoms with van der Waals surface area (Å²) in [6.07, 6.45) is 2.97. The molecule has 18 heavy (non-hydrogen) atoms. The Labute approximate surface area is 106 Å². The minimum absolute atomic E-state index is 0.00470. The summed E-state index contributed by atoms with van der Waals surface area (Å²) in [4.78, 5) is 19.2. The number of hydrogen-bond donors (Lipinski definition) is 2. The monoisotopic (exact) mass is 253 g/mol. The molecule has 1 rings (SSSR count). The van der Waals surface area contributed by atoms with Gasteiger partial charge in [0, 0.05) is 0 Å². The molecule has 100 valence electrons. The van der Waals surface area contributed by atoms with Crippen molar-refractivity contribution in [1.29, 1.82) is 0 Å². The van der Waals surface area contributed by atoms with E-state index in [-0.39, 0.29) is 12.0 Å². The van der Waals surface area contributed by atoms with Crippen LogP contribution in [-0.4, -0.2) is 33.2 Å². The first-order valence-electron chi connectivity index (χ1n) is 5.88. The molecule has 0 aliphatic rings. The Hall–Kier alpha value is -1.85. The number of aliphatic carboxylic acids is 1. The zero-order chi connectivity index (χ0) is 13.7. The molecule has 1 atom stereocenters. The molecule has 0 saturated carbocycles. The van der Waals surface area contributed by atoms with Gasteiger partial charge in [-0.05, 0) is 19.8 Å². The van der Waals surface area contributed by atoms with Crippen LogP contribution in [0.1, 0.15) is 27.7 Å². The van der Waals surface area contributed by atoms with Gasteiger partial charge in [-0.15, -0.1) is 0 Å². The van der Waals surface area contributed by atoms with Crippen LogP contribution in [0.15, 0.2) is 12.4 Å². The standard InChI is InChI=1S/C12H19N3O3/c1-7(2)11(12(16)17)15-9-5-13-6-10(14-9)18-8(3)4/h5-8,11H,1-4H3,(H,14,15)(H,16,17). The summed E-state index contributed by atoms with van der Waals surface area (Å²) in [7, 11) is 0. The van der Waals surface area contributed by atoms with E-state index >= 15 is 0 Å². The van der Waals surface area contributed by atoms with Crippen molar-refractivity contribution in [3.63, 3.8) is 0 Å². The van der Waals surface area contributed by atoms with E-state index in [1.165, 1.54) is 12.4 Å². The van der Waals surface area contributed by atoms with Gasteiger partial charge in [-0.3, -0.25) is 4.98 Å². The molecule has 6 nitrogen and oxygen atoms in total. The predicted molar refractivity (Wildman–Crippen MR) is 67.7 cm³/mol. The highest BCUT2D eigenvalue weighted by atomic mass is 16.5. The first kappa shape index (κ1) is 14.2. The lowest BCUT2D eigenvalue weighted by Crippen LogP contribution is -2.34. The van der Waals surface area contributed by atoms with Gasteiger partial charge in [0.1, 0.15) is 11.9 Å². The van der Waals surface area contributed by atoms with Crippen LogP contribution < -0.4 is 10.1 Å². The lowest BCUT2D eigenvalue weighted by molar-refractivity contribution is -0.138. The van der Waals surface area contributed by atoms with Gasteiger partial charge >= 0.3 is 5.97 Å². The molecule has 0 aliphatic heterocycles. The van der Waals surface area contributed by atoms with E-state index in [1.54, 1.807) is 0 Å². The zero-order valence-corrected chi connectivity index (χ0v) is 11.0. The van der Waals surface area contributed by atoms with E-state index in [2.05, 4.69) is 15.3 Å². The van der Waals surface area contributed by atoms with Gasteiger partial charge < -0.3 is 15.2 Å². The van der Waals surface area contributed by atoms with Gasteiger partial charge in [-0.2, -0.15) is 4.98 Å². The second-order valence-corrected chi connectivity index (χ2v) is 4.61. The molecule has 0 saturated heterocycles. The number of aromatic nitrogens is 2. The number of rotatable bonds is 6. The fraction of sp³-hybridized carbons (Fsp3) is 0.583. The molecule has 0 spiro atoms. The highest BCUT2D eigenvalue weighted by molar-refractivity contribution is 5.77. The molecule has 0 bridgehead atoms. The van der Waals surface area contributed by atoms with Crippen molar-refractivity contribution in [3.05, 3.63) is 12.4 Å². The molecule has 6 heteroatoms. The largest absolute Gasteiger partial charge is 0.480 e. The number of carbonyl (C=O) groups is 1. The fourth-order valence-electron chi connectivity index (χ4n) is 1.39. The van der Waals surface area contributed by atoms with E-state index in [0.29, 0.717) is 11.7 Å². The van der Waals surface area contributed by atoms with Gasteiger partial charge in [-0.25, -0.2) is 4.79 Å². The number of nitrogens with one attached hydrogen (secondary N) is 1. The Morgan fingerprint density at radius 2 is 2.00 bits per heavy atom. The summed E-state index contributed by atoms with van der Waals surface area (Å²) in [6.45, 7) is 7.42. The topological polar surface area (TPSA) is 84.3 Å². The van der Waals surface area contributed by atoms with Gasteiger partial charge in [0.25, 0.3) is 0 Å². The summed E-state index contributed by atoms with van der Waals surface area (Å²) in [6, 6.07) is -0.700. The van der Waals surface area contributed by atoms with E-state index in [0.717, 1.165) is 0 Å². The van der Waals surface area contributed by atoms with Crippen molar-refractivity contribution >= 4 is 11.8 Å². The fourth-order valence-corrected chi connectivity index (χ4v) is 1.39. The molecule has 1 unspecified atom stereocenters. The minimum Gasteiger partial charge on any atom is -0.480 e. The molecule has 2 N–H and O–H groups in total. The lowest BCUT2D eigenvalue weighted by atomic mass is 10.1. The molecule has 1 aromatic heterocycles. The smallest absolute Gasteiger partial charge is 0.326 e. The maximum absolute atomic E-state index is 11.1. The SMILES string of the molecule is CC(C)Oc1cncc(NC(C(=O)O)C(C)C)n1. The third-order valence-electron chi connectivity index (χ3n) is 2.20. The van der Waals surface area contributed by atoms with Crippen molar-refractivity contribution in [3.8, 4) is 5.88 Å². The average molecular weight is 253 g/mol. The first-order valence-corrected chi connectivity index (χ1v) is 5.88. The van der Waals surface area contributed by atoms with Gasteiger partial charge in [0.05, 0.1) is 18.5 Å². The van der Waals surface area contributed by atoms with Gasteiger partial charge in [0.15, 0.2) is 0 Å². The van der Waals surface area contributed by atoms with Crippen molar-refractivity contribution in [2.45, 2.75) is 39.8 Å². The van der Waals surface area contributed by atoms with Crippen molar-refractivity contribution in [2.75, 3.05) is 5.32 Å². The maximum atomic E-state index is 11.1. The summed E-state index contributed by atoms with van der Waals surface area (Å²) in [5.74, 6) is -0.196. The molecule has 0 aromatic carbocycles. The maximum Gasteiger partial charge on any atom is 0.326 e. The van der Waals surface area contributed by atoms with E-state index in [9.17, 15) is 4.79 Å². The Kier molecular flexibility index (Phi) is 4.88. The zero-order valence-electron chi connectivity index (χ0n) is 11.0. The lowest BCUT2D eigenvalue weighted by Gasteiger charge is -2.18. The second-order valence-electron chi connectivity index (χ2n) is 4.61. The molecule has 1 aromatic rings. The van der Waals surface area contributed by atoms with Crippen LogP contribution in [0.4, 0.5) is 5.82 Å². The molecule has 0 radical (unpaired) electrons. The molecule has 0 amide bonds. The Morgan fingerprint density at radius 1 is 1.33 bits per heavy atom. The van der Waals surface area contributed by atoms with Crippen LogP contribution in [0, 0.1) is 5.92 Å². The van der Waals surface area contributed by atoms with Crippen LogP contribution in [0.5, 0.6) is 5.88 Å². The van der Waals surface area contributed by atoms with Crippen molar-refractivity contribution in [1.82, 2.24) is 9.97 Å².